The van der Waals surface area contributed by atoms with Crippen molar-refractivity contribution in [2.24, 2.45) is 0 Å². The van der Waals surface area contributed by atoms with Crippen LogP contribution in [-0.4, -0.2) is 56.0 Å². The molecule has 1 saturated heterocycles. The van der Waals surface area contributed by atoms with Crippen molar-refractivity contribution in [2.45, 2.75) is 19.4 Å². The Balaban J connectivity index is 2.29. The first-order valence-electron chi connectivity index (χ1n) is 5.03. The van der Waals surface area contributed by atoms with E-state index in [1.54, 1.807) is 0 Å². The third kappa shape index (κ3) is 3.79. The second kappa shape index (κ2) is 5.37. The molecule has 0 bridgehead atoms. The van der Waals surface area contributed by atoms with E-state index in [1.807, 2.05) is 18.8 Å². The minimum atomic E-state index is -2.72. The second-order valence-corrected chi connectivity index (χ2v) is 7.36. The lowest BCUT2D eigenvalue weighted by molar-refractivity contribution is 0.278. The summed E-state index contributed by atoms with van der Waals surface area (Å²) in [4.78, 5) is 2.19. The smallest absolute Gasteiger partial charge is 0.151 e. The van der Waals surface area contributed by atoms with Gasteiger partial charge in [-0.3, -0.25) is 0 Å². The molecule has 0 radical (unpaired) electrons. The van der Waals surface area contributed by atoms with Gasteiger partial charge in [-0.15, -0.1) is 0 Å². The quantitative estimate of drug-likeness (QED) is 0.665. The van der Waals surface area contributed by atoms with E-state index in [1.165, 1.54) is 0 Å². The molecular weight excluding hydrogens is 218 g/mol. The molecule has 0 aromatic rings. The van der Waals surface area contributed by atoms with E-state index < -0.39 is 9.84 Å². The lowest BCUT2D eigenvalue weighted by Crippen LogP contribution is -2.34. The summed E-state index contributed by atoms with van der Waals surface area (Å²) in [6, 6.07) is 0.262. The van der Waals surface area contributed by atoms with Gasteiger partial charge in [-0.25, -0.2) is 8.42 Å². The number of thioether (sulfide) groups is 1. The Morgan fingerprint density at radius 3 is 2.71 bits per heavy atom. The van der Waals surface area contributed by atoms with Crippen molar-refractivity contribution in [1.82, 2.24) is 4.90 Å². The molecule has 0 spiro atoms. The molecule has 0 amide bonds. The van der Waals surface area contributed by atoms with E-state index in [0.717, 1.165) is 24.5 Å². The Kier molecular flexibility index (Phi) is 4.73. The average Bonchev–Trinajstić information content (AvgIpc) is 2.46. The molecule has 1 rings (SSSR count). The highest BCUT2D eigenvalue weighted by molar-refractivity contribution is 7.99. The van der Waals surface area contributed by atoms with Gasteiger partial charge < -0.3 is 4.90 Å². The van der Waals surface area contributed by atoms with Crippen molar-refractivity contribution in [3.05, 3.63) is 0 Å². The Morgan fingerprint density at radius 2 is 2.21 bits per heavy atom. The van der Waals surface area contributed by atoms with Gasteiger partial charge in [0.1, 0.15) is 0 Å². The lowest BCUT2D eigenvalue weighted by atomic mass is 10.2. The van der Waals surface area contributed by atoms with Crippen LogP contribution in [-0.2, 0) is 9.84 Å². The zero-order valence-corrected chi connectivity index (χ0v) is 10.5. The van der Waals surface area contributed by atoms with Crippen molar-refractivity contribution in [2.75, 3.05) is 36.6 Å². The van der Waals surface area contributed by atoms with Gasteiger partial charge in [-0.05, 0) is 19.2 Å². The van der Waals surface area contributed by atoms with E-state index in [4.69, 9.17) is 0 Å². The number of hydrogen-bond acceptors (Lipinski definition) is 4. The monoisotopic (exact) mass is 237 g/mol. The molecule has 0 aromatic carbocycles. The second-order valence-electron chi connectivity index (χ2n) is 3.73. The lowest BCUT2D eigenvalue weighted by Gasteiger charge is -2.22. The van der Waals surface area contributed by atoms with Crippen LogP contribution in [0.15, 0.2) is 0 Å². The number of rotatable bonds is 5. The molecule has 1 fully saturated rings. The molecule has 0 aliphatic carbocycles. The van der Waals surface area contributed by atoms with Crippen LogP contribution in [0.2, 0.25) is 0 Å². The summed E-state index contributed by atoms with van der Waals surface area (Å²) >= 11 is 1.90. The largest absolute Gasteiger partial charge is 0.302 e. The van der Waals surface area contributed by atoms with Crippen LogP contribution in [0.1, 0.15) is 13.3 Å². The molecule has 3 nitrogen and oxygen atoms in total. The Labute approximate surface area is 91.2 Å². The first-order valence-corrected chi connectivity index (χ1v) is 8.01. The van der Waals surface area contributed by atoms with Crippen molar-refractivity contribution in [3.8, 4) is 0 Å². The van der Waals surface area contributed by atoms with Gasteiger partial charge in [0.25, 0.3) is 0 Å². The topological polar surface area (TPSA) is 37.4 Å². The highest BCUT2D eigenvalue weighted by Crippen LogP contribution is 2.16. The molecule has 1 heterocycles. The van der Waals surface area contributed by atoms with Crippen molar-refractivity contribution in [3.63, 3.8) is 0 Å². The van der Waals surface area contributed by atoms with Crippen LogP contribution < -0.4 is 0 Å². The molecule has 1 aliphatic rings. The van der Waals surface area contributed by atoms with E-state index in [0.29, 0.717) is 11.5 Å². The number of hydrogen-bond donors (Lipinski definition) is 0. The summed E-state index contributed by atoms with van der Waals surface area (Å²) < 4.78 is 22.5. The maximum atomic E-state index is 11.2. The minimum absolute atomic E-state index is 0.262. The van der Waals surface area contributed by atoms with Crippen molar-refractivity contribution >= 4 is 21.6 Å². The van der Waals surface area contributed by atoms with Crippen LogP contribution in [0.3, 0.4) is 0 Å². The van der Waals surface area contributed by atoms with Crippen LogP contribution in [0.25, 0.3) is 0 Å². The van der Waals surface area contributed by atoms with E-state index >= 15 is 0 Å². The highest BCUT2D eigenvalue weighted by Gasteiger charge is 2.30. The average molecular weight is 237 g/mol. The van der Waals surface area contributed by atoms with Gasteiger partial charge in [0.2, 0.25) is 0 Å². The number of nitrogens with zero attached hydrogens (tertiary/aromatic N) is 1. The molecule has 1 atom stereocenters. The van der Waals surface area contributed by atoms with E-state index in [2.05, 4.69) is 11.8 Å². The molecule has 1 aliphatic heterocycles. The van der Waals surface area contributed by atoms with Crippen LogP contribution >= 0.6 is 11.8 Å². The Morgan fingerprint density at radius 1 is 1.50 bits per heavy atom. The van der Waals surface area contributed by atoms with Crippen LogP contribution in [0.5, 0.6) is 0 Å². The first-order chi connectivity index (χ1) is 6.55. The van der Waals surface area contributed by atoms with Gasteiger partial charge in [-0.1, -0.05) is 6.92 Å². The molecule has 0 aromatic heterocycles. The molecule has 84 valence electrons. The fourth-order valence-electron chi connectivity index (χ4n) is 1.66. The number of sulfone groups is 1. The van der Waals surface area contributed by atoms with Gasteiger partial charge in [-0.2, -0.15) is 11.8 Å². The molecule has 0 N–H and O–H groups in total. The Bertz CT molecular complexity index is 264. The zero-order chi connectivity index (χ0) is 10.6. The molecular formula is C9H19NO2S2. The highest BCUT2D eigenvalue weighted by atomic mass is 32.2. The van der Waals surface area contributed by atoms with Crippen molar-refractivity contribution in [1.29, 1.82) is 0 Å². The molecule has 0 saturated carbocycles. The fourth-order valence-corrected chi connectivity index (χ4v) is 4.17. The summed E-state index contributed by atoms with van der Waals surface area (Å²) in [5, 5.41) is 0. The SMILES string of the molecule is CCSCCN(C)[C@@H]1CCS(=O)(=O)C1. The third-order valence-electron chi connectivity index (χ3n) is 2.62. The molecule has 5 heteroatoms. The summed E-state index contributed by atoms with van der Waals surface area (Å²) in [6.45, 7) is 3.14. The fraction of sp³-hybridized carbons (Fsp3) is 1.00. The molecule has 0 unspecified atom stereocenters. The van der Waals surface area contributed by atoms with Gasteiger partial charge >= 0.3 is 0 Å². The van der Waals surface area contributed by atoms with Gasteiger partial charge in [0.05, 0.1) is 11.5 Å². The standard InChI is InChI=1S/C9H19NO2S2/c1-3-13-6-5-10(2)9-4-7-14(11,12)8-9/h9H,3-8H2,1-2H3/t9-/m1/s1. The summed E-state index contributed by atoms with van der Waals surface area (Å²) in [5.41, 5.74) is 0. The summed E-state index contributed by atoms with van der Waals surface area (Å²) in [6.07, 6.45) is 0.815. The first kappa shape index (κ1) is 12.3. The summed E-state index contributed by atoms with van der Waals surface area (Å²) in [5.74, 6) is 2.98. The third-order valence-corrected chi connectivity index (χ3v) is 5.25. The maximum Gasteiger partial charge on any atom is 0.151 e. The predicted molar refractivity (Wildman–Crippen MR) is 62.7 cm³/mol. The Hall–Kier alpha value is 0.260. The summed E-state index contributed by atoms with van der Waals surface area (Å²) in [7, 11) is -0.690. The van der Waals surface area contributed by atoms with Crippen LogP contribution in [0.4, 0.5) is 0 Å². The molecule has 14 heavy (non-hydrogen) atoms. The normalized spacial score (nSPS) is 25.8. The van der Waals surface area contributed by atoms with E-state index in [9.17, 15) is 8.42 Å². The maximum absolute atomic E-state index is 11.2. The zero-order valence-electron chi connectivity index (χ0n) is 8.90. The van der Waals surface area contributed by atoms with E-state index in [-0.39, 0.29) is 6.04 Å². The van der Waals surface area contributed by atoms with Gasteiger partial charge in [0, 0.05) is 18.3 Å². The minimum Gasteiger partial charge on any atom is -0.302 e. The van der Waals surface area contributed by atoms with Gasteiger partial charge in [0.15, 0.2) is 9.84 Å². The van der Waals surface area contributed by atoms with Crippen LogP contribution in [0, 0.1) is 0 Å². The van der Waals surface area contributed by atoms with Crippen molar-refractivity contribution < 1.29 is 8.42 Å². The predicted octanol–water partition coefficient (Wildman–Crippen LogP) is 0.858.